The van der Waals surface area contributed by atoms with E-state index in [2.05, 4.69) is 41.0 Å². The number of fused-ring (bicyclic) bond motifs is 3. The lowest BCUT2D eigenvalue weighted by Gasteiger charge is -2.30. The van der Waals surface area contributed by atoms with E-state index in [1.807, 2.05) is 11.3 Å². The summed E-state index contributed by atoms with van der Waals surface area (Å²) >= 11 is 1.84. The Morgan fingerprint density at radius 3 is 3.00 bits per heavy atom. The third-order valence-electron chi connectivity index (χ3n) is 4.22. The fourth-order valence-corrected chi connectivity index (χ4v) is 4.12. The molecule has 0 saturated heterocycles. The number of aromatic nitrogens is 2. The molecule has 5 heteroatoms. The molecule has 3 rings (SSSR count). The van der Waals surface area contributed by atoms with Crippen LogP contribution in [0.15, 0.2) is 6.33 Å². The van der Waals surface area contributed by atoms with Crippen molar-refractivity contribution in [1.29, 1.82) is 0 Å². The molecular weight excluding hydrogens is 280 g/mol. The third-order valence-corrected chi connectivity index (χ3v) is 5.34. The van der Waals surface area contributed by atoms with E-state index in [9.17, 15) is 0 Å². The van der Waals surface area contributed by atoms with Gasteiger partial charge in [-0.2, -0.15) is 0 Å². The third kappa shape index (κ3) is 2.90. The molecule has 1 aliphatic heterocycles. The Labute approximate surface area is 130 Å². The first kappa shape index (κ1) is 14.7. The molecule has 0 atom stereocenters. The van der Waals surface area contributed by atoms with Crippen LogP contribution in [0.2, 0.25) is 0 Å². The molecule has 1 aliphatic rings. The zero-order chi connectivity index (χ0) is 14.8. The maximum absolute atomic E-state index is 4.49. The van der Waals surface area contributed by atoms with Crippen molar-refractivity contribution in [3.8, 4) is 0 Å². The highest BCUT2D eigenvalue weighted by atomic mass is 32.1. The van der Waals surface area contributed by atoms with Crippen molar-refractivity contribution in [3.05, 3.63) is 16.8 Å². The topological polar surface area (TPSA) is 41.1 Å². The van der Waals surface area contributed by atoms with Gasteiger partial charge in [0.2, 0.25) is 0 Å². The minimum Gasteiger partial charge on any atom is -0.369 e. The molecule has 0 amide bonds. The average Bonchev–Trinajstić information content (AvgIpc) is 2.85. The van der Waals surface area contributed by atoms with E-state index in [1.54, 1.807) is 6.33 Å². The SMILES string of the molecule is CCCCNc1ncnc2sc3c(c12)CCN(C(C)C)C3. The summed E-state index contributed by atoms with van der Waals surface area (Å²) in [4.78, 5) is 14.1. The minimum absolute atomic E-state index is 0.608. The van der Waals surface area contributed by atoms with Crippen LogP contribution in [0.4, 0.5) is 5.82 Å². The predicted octanol–water partition coefficient (Wildman–Crippen LogP) is 3.67. The van der Waals surface area contributed by atoms with Crippen LogP contribution in [0.1, 0.15) is 44.1 Å². The molecule has 3 heterocycles. The summed E-state index contributed by atoms with van der Waals surface area (Å²) in [5, 5.41) is 4.78. The van der Waals surface area contributed by atoms with E-state index in [-0.39, 0.29) is 0 Å². The highest BCUT2D eigenvalue weighted by molar-refractivity contribution is 7.18. The van der Waals surface area contributed by atoms with Crippen LogP contribution >= 0.6 is 11.3 Å². The second-order valence-electron chi connectivity index (χ2n) is 6.00. The van der Waals surface area contributed by atoms with Crippen molar-refractivity contribution >= 4 is 27.4 Å². The maximum atomic E-state index is 4.49. The fraction of sp³-hybridized carbons (Fsp3) is 0.625. The first-order valence-electron chi connectivity index (χ1n) is 7.93. The summed E-state index contributed by atoms with van der Waals surface area (Å²) in [5.41, 5.74) is 1.48. The van der Waals surface area contributed by atoms with Gasteiger partial charge in [0.1, 0.15) is 17.0 Å². The van der Waals surface area contributed by atoms with Crippen LogP contribution < -0.4 is 5.32 Å². The van der Waals surface area contributed by atoms with Gasteiger partial charge in [0.15, 0.2) is 0 Å². The standard InChI is InChI=1S/C16H24N4S/c1-4-5-7-17-15-14-12-6-8-20(11(2)3)9-13(12)21-16(14)19-10-18-15/h10-11H,4-9H2,1-3H3,(H,17,18,19). The fourth-order valence-electron chi connectivity index (χ4n) is 2.91. The molecule has 21 heavy (non-hydrogen) atoms. The van der Waals surface area contributed by atoms with Gasteiger partial charge < -0.3 is 5.32 Å². The van der Waals surface area contributed by atoms with Crippen molar-refractivity contribution in [2.24, 2.45) is 0 Å². The highest BCUT2D eigenvalue weighted by Crippen LogP contribution is 2.37. The van der Waals surface area contributed by atoms with Gasteiger partial charge in [-0.25, -0.2) is 9.97 Å². The monoisotopic (exact) mass is 304 g/mol. The second kappa shape index (κ2) is 6.28. The Morgan fingerprint density at radius 2 is 2.24 bits per heavy atom. The summed E-state index contributed by atoms with van der Waals surface area (Å²) in [6.07, 6.45) is 5.19. The van der Waals surface area contributed by atoms with Crippen LogP contribution in [0.5, 0.6) is 0 Å². The van der Waals surface area contributed by atoms with Crippen LogP contribution in [0, 0.1) is 0 Å². The molecular formula is C16H24N4S. The second-order valence-corrected chi connectivity index (χ2v) is 7.08. The summed E-state index contributed by atoms with van der Waals surface area (Å²) in [7, 11) is 0. The minimum atomic E-state index is 0.608. The number of hydrogen-bond donors (Lipinski definition) is 1. The Bertz CT molecular complexity index is 620. The van der Waals surface area contributed by atoms with E-state index in [1.165, 1.54) is 28.7 Å². The lowest BCUT2D eigenvalue weighted by atomic mass is 10.0. The number of hydrogen-bond acceptors (Lipinski definition) is 5. The number of nitrogens with one attached hydrogen (secondary N) is 1. The summed E-state index contributed by atoms with van der Waals surface area (Å²) in [6.45, 7) is 9.95. The molecule has 0 aliphatic carbocycles. The molecule has 0 bridgehead atoms. The van der Waals surface area contributed by atoms with Crippen LogP contribution in [0.25, 0.3) is 10.2 Å². The molecule has 1 N–H and O–H groups in total. The van der Waals surface area contributed by atoms with Gasteiger partial charge in [-0.15, -0.1) is 11.3 Å². The molecule has 0 saturated carbocycles. The summed E-state index contributed by atoms with van der Waals surface area (Å²) in [6, 6.07) is 0.608. The van der Waals surface area contributed by atoms with Gasteiger partial charge in [-0.05, 0) is 32.3 Å². The van der Waals surface area contributed by atoms with Gasteiger partial charge in [0, 0.05) is 30.6 Å². The number of thiophene rings is 1. The first-order valence-corrected chi connectivity index (χ1v) is 8.75. The van der Waals surface area contributed by atoms with Crippen molar-refractivity contribution in [3.63, 3.8) is 0 Å². The summed E-state index contributed by atoms with van der Waals surface area (Å²) < 4.78 is 0. The van der Waals surface area contributed by atoms with Crippen molar-refractivity contribution in [2.45, 2.75) is 52.6 Å². The van der Waals surface area contributed by atoms with E-state index in [4.69, 9.17) is 0 Å². The zero-order valence-corrected chi connectivity index (χ0v) is 14.0. The number of rotatable bonds is 5. The van der Waals surface area contributed by atoms with Gasteiger partial charge in [-0.1, -0.05) is 13.3 Å². The average molecular weight is 304 g/mol. The molecule has 0 radical (unpaired) electrons. The van der Waals surface area contributed by atoms with E-state index >= 15 is 0 Å². The largest absolute Gasteiger partial charge is 0.369 e. The normalized spacial score (nSPS) is 15.6. The van der Waals surface area contributed by atoms with Gasteiger partial charge in [-0.3, -0.25) is 4.90 Å². The van der Waals surface area contributed by atoms with Gasteiger partial charge in [0.05, 0.1) is 5.39 Å². The van der Waals surface area contributed by atoms with E-state index in [0.717, 1.165) is 36.7 Å². The van der Waals surface area contributed by atoms with Crippen LogP contribution in [0.3, 0.4) is 0 Å². The van der Waals surface area contributed by atoms with Crippen molar-refractivity contribution in [1.82, 2.24) is 14.9 Å². The smallest absolute Gasteiger partial charge is 0.138 e. The van der Waals surface area contributed by atoms with E-state index in [0.29, 0.717) is 6.04 Å². The lowest BCUT2D eigenvalue weighted by molar-refractivity contribution is 0.206. The lowest BCUT2D eigenvalue weighted by Crippen LogP contribution is -2.35. The zero-order valence-electron chi connectivity index (χ0n) is 13.1. The van der Waals surface area contributed by atoms with Gasteiger partial charge in [0.25, 0.3) is 0 Å². The quantitative estimate of drug-likeness (QED) is 0.856. The van der Waals surface area contributed by atoms with Crippen LogP contribution in [-0.2, 0) is 13.0 Å². The van der Waals surface area contributed by atoms with E-state index < -0.39 is 0 Å². The summed E-state index contributed by atoms with van der Waals surface area (Å²) in [5.74, 6) is 1.03. The molecule has 0 spiro atoms. The molecule has 0 aromatic carbocycles. The number of nitrogens with zero attached hydrogens (tertiary/aromatic N) is 3. The Kier molecular flexibility index (Phi) is 4.40. The van der Waals surface area contributed by atoms with Gasteiger partial charge >= 0.3 is 0 Å². The Hall–Kier alpha value is -1.20. The molecule has 0 fully saturated rings. The van der Waals surface area contributed by atoms with Crippen molar-refractivity contribution in [2.75, 3.05) is 18.4 Å². The Balaban J connectivity index is 1.93. The maximum Gasteiger partial charge on any atom is 0.138 e. The number of anilines is 1. The van der Waals surface area contributed by atoms with Crippen molar-refractivity contribution < 1.29 is 0 Å². The Morgan fingerprint density at radius 1 is 1.38 bits per heavy atom. The predicted molar refractivity (Wildman–Crippen MR) is 90.1 cm³/mol. The molecule has 0 unspecified atom stereocenters. The van der Waals surface area contributed by atoms with Crippen LogP contribution in [-0.4, -0.2) is 34.0 Å². The molecule has 4 nitrogen and oxygen atoms in total. The molecule has 2 aromatic rings. The molecule has 114 valence electrons. The molecule has 2 aromatic heterocycles. The number of unbranched alkanes of at least 4 members (excludes halogenated alkanes) is 1. The highest BCUT2D eigenvalue weighted by Gasteiger charge is 2.24. The first-order chi connectivity index (χ1) is 10.2.